The third-order valence-corrected chi connectivity index (χ3v) is 4.81. The van der Waals surface area contributed by atoms with Crippen molar-refractivity contribution in [3.05, 3.63) is 71.8 Å². The molecular formula is C22H31NO. The van der Waals surface area contributed by atoms with Gasteiger partial charge in [0.1, 0.15) is 0 Å². The molecule has 0 heterocycles. The molecule has 0 saturated carbocycles. The molecule has 2 heteroatoms. The Labute approximate surface area is 147 Å². The molecule has 0 bridgehead atoms. The number of nitrogens with zero attached hydrogens (tertiary/aromatic N) is 1. The first-order valence-corrected chi connectivity index (χ1v) is 9.21. The maximum atomic E-state index is 9.58. The van der Waals surface area contributed by atoms with E-state index in [4.69, 9.17) is 0 Å². The summed E-state index contributed by atoms with van der Waals surface area (Å²) in [6.07, 6.45) is 4.38. The molecule has 0 amide bonds. The molecule has 2 rings (SSSR count). The fourth-order valence-corrected chi connectivity index (χ4v) is 3.36. The van der Waals surface area contributed by atoms with E-state index >= 15 is 0 Å². The molecular weight excluding hydrogens is 294 g/mol. The molecule has 0 saturated heterocycles. The van der Waals surface area contributed by atoms with Gasteiger partial charge in [0, 0.05) is 25.2 Å². The molecule has 0 aliphatic heterocycles. The van der Waals surface area contributed by atoms with Crippen LogP contribution in [0.25, 0.3) is 0 Å². The lowest BCUT2D eigenvalue weighted by molar-refractivity contribution is 0.100. The normalized spacial score (nSPS) is 13.8. The second kappa shape index (κ2) is 10.3. The first-order chi connectivity index (χ1) is 11.8. The van der Waals surface area contributed by atoms with Crippen molar-refractivity contribution >= 4 is 0 Å². The molecule has 2 nitrogen and oxygen atoms in total. The number of rotatable bonds is 10. The molecule has 0 aliphatic rings. The predicted molar refractivity (Wildman–Crippen MR) is 102 cm³/mol. The van der Waals surface area contributed by atoms with E-state index in [9.17, 15) is 5.11 Å². The van der Waals surface area contributed by atoms with E-state index in [0.717, 1.165) is 19.4 Å². The van der Waals surface area contributed by atoms with E-state index in [0.29, 0.717) is 12.1 Å². The summed E-state index contributed by atoms with van der Waals surface area (Å²) in [5.41, 5.74) is 2.67. The van der Waals surface area contributed by atoms with Crippen molar-refractivity contribution in [3.8, 4) is 0 Å². The highest BCUT2D eigenvalue weighted by Crippen LogP contribution is 2.28. The lowest BCUT2D eigenvalue weighted by atomic mass is 9.98. The van der Waals surface area contributed by atoms with Crippen molar-refractivity contribution in [3.63, 3.8) is 0 Å². The predicted octanol–water partition coefficient (Wildman–Crippen LogP) is 5.19. The summed E-state index contributed by atoms with van der Waals surface area (Å²) in [6, 6.07) is 22.1. The van der Waals surface area contributed by atoms with Crippen LogP contribution in [0.4, 0.5) is 0 Å². The maximum Gasteiger partial charge on any atom is 0.0445 e. The van der Waals surface area contributed by atoms with Gasteiger partial charge < -0.3 is 5.11 Å². The Kier molecular flexibility index (Phi) is 8.00. The molecule has 0 fully saturated rings. The van der Waals surface area contributed by atoms with E-state index in [2.05, 4.69) is 79.4 Å². The standard InChI is InChI=1S/C22H31NO/c1-3-4-15-22(16-17-24)23(18-20-11-7-5-8-12-20)19(2)21-13-9-6-10-14-21/h5-14,19,22,24H,3-4,15-18H2,1-2H3/t19-,22-/m1/s1. The minimum atomic E-state index is 0.251. The SMILES string of the molecule is CCCC[C@H](CCO)N(Cc1ccccc1)[C@H](C)c1ccccc1. The highest BCUT2D eigenvalue weighted by atomic mass is 16.3. The average molecular weight is 325 g/mol. The zero-order valence-electron chi connectivity index (χ0n) is 15.1. The minimum absolute atomic E-state index is 0.251. The van der Waals surface area contributed by atoms with Crippen molar-refractivity contribution in [1.29, 1.82) is 0 Å². The van der Waals surface area contributed by atoms with Gasteiger partial charge in [0.25, 0.3) is 0 Å². The summed E-state index contributed by atoms with van der Waals surface area (Å²) in [5.74, 6) is 0. The Hall–Kier alpha value is -1.64. The van der Waals surface area contributed by atoms with Crippen LogP contribution < -0.4 is 0 Å². The summed E-state index contributed by atoms with van der Waals surface area (Å²) < 4.78 is 0. The molecule has 1 N–H and O–H groups in total. The fraction of sp³-hybridized carbons (Fsp3) is 0.455. The quantitative estimate of drug-likeness (QED) is 0.649. The van der Waals surface area contributed by atoms with Crippen LogP contribution in [-0.4, -0.2) is 22.7 Å². The first kappa shape index (κ1) is 18.7. The van der Waals surface area contributed by atoms with E-state index < -0.39 is 0 Å². The van der Waals surface area contributed by atoms with Crippen LogP contribution >= 0.6 is 0 Å². The first-order valence-electron chi connectivity index (χ1n) is 9.21. The fourth-order valence-electron chi connectivity index (χ4n) is 3.36. The van der Waals surface area contributed by atoms with Crippen molar-refractivity contribution in [2.45, 2.75) is 58.2 Å². The van der Waals surface area contributed by atoms with Gasteiger partial charge in [-0.3, -0.25) is 4.90 Å². The van der Waals surface area contributed by atoms with Gasteiger partial charge in [0.2, 0.25) is 0 Å². The minimum Gasteiger partial charge on any atom is -0.396 e. The van der Waals surface area contributed by atoms with Crippen LogP contribution in [0, 0.1) is 0 Å². The molecule has 24 heavy (non-hydrogen) atoms. The van der Waals surface area contributed by atoms with Crippen molar-refractivity contribution in [2.24, 2.45) is 0 Å². The van der Waals surface area contributed by atoms with Crippen LogP contribution in [0.1, 0.15) is 56.7 Å². The third kappa shape index (κ3) is 5.47. The summed E-state index contributed by atoms with van der Waals surface area (Å²) in [4.78, 5) is 2.57. The van der Waals surface area contributed by atoms with E-state index in [1.807, 2.05) is 0 Å². The summed E-state index contributed by atoms with van der Waals surface area (Å²) >= 11 is 0. The van der Waals surface area contributed by atoms with Gasteiger partial charge in [-0.05, 0) is 30.9 Å². The second-order valence-corrected chi connectivity index (χ2v) is 6.55. The number of hydrogen-bond donors (Lipinski definition) is 1. The Bertz CT molecular complexity index is 555. The largest absolute Gasteiger partial charge is 0.396 e. The molecule has 2 atom stereocenters. The zero-order chi connectivity index (χ0) is 17.2. The van der Waals surface area contributed by atoms with Crippen molar-refractivity contribution < 1.29 is 5.11 Å². The second-order valence-electron chi connectivity index (χ2n) is 6.55. The molecule has 0 aromatic heterocycles. The van der Waals surface area contributed by atoms with Crippen LogP contribution in [0.15, 0.2) is 60.7 Å². The van der Waals surface area contributed by atoms with Crippen LogP contribution in [-0.2, 0) is 6.54 Å². The number of hydrogen-bond acceptors (Lipinski definition) is 2. The summed E-state index contributed by atoms with van der Waals surface area (Å²) in [7, 11) is 0. The Morgan fingerprint density at radius 3 is 2.12 bits per heavy atom. The molecule has 0 spiro atoms. The third-order valence-electron chi connectivity index (χ3n) is 4.81. The van der Waals surface area contributed by atoms with E-state index in [1.54, 1.807) is 0 Å². The van der Waals surface area contributed by atoms with Crippen molar-refractivity contribution in [1.82, 2.24) is 4.90 Å². The van der Waals surface area contributed by atoms with Gasteiger partial charge in [0.05, 0.1) is 0 Å². The van der Waals surface area contributed by atoms with Gasteiger partial charge in [-0.1, -0.05) is 80.4 Å². The number of aliphatic hydroxyl groups is 1. The van der Waals surface area contributed by atoms with Crippen molar-refractivity contribution in [2.75, 3.05) is 6.61 Å². The van der Waals surface area contributed by atoms with Crippen LogP contribution in [0.2, 0.25) is 0 Å². The van der Waals surface area contributed by atoms with Crippen LogP contribution in [0.3, 0.4) is 0 Å². The lowest BCUT2D eigenvalue weighted by Gasteiger charge is -2.37. The van der Waals surface area contributed by atoms with Gasteiger partial charge in [-0.15, -0.1) is 0 Å². The maximum absolute atomic E-state index is 9.58. The van der Waals surface area contributed by atoms with Gasteiger partial charge in [-0.25, -0.2) is 0 Å². The molecule has 0 unspecified atom stereocenters. The molecule has 2 aromatic carbocycles. The Morgan fingerprint density at radius 1 is 0.917 bits per heavy atom. The Balaban J connectivity index is 2.24. The monoisotopic (exact) mass is 325 g/mol. The lowest BCUT2D eigenvalue weighted by Crippen LogP contribution is -2.37. The summed E-state index contributed by atoms with van der Waals surface area (Å²) in [5, 5.41) is 9.58. The van der Waals surface area contributed by atoms with Crippen LogP contribution in [0.5, 0.6) is 0 Å². The molecule has 0 aliphatic carbocycles. The molecule has 0 radical (unpaired) electrons. The summed E-state index contributed by atoms with van der Waals surface area (Å²) in [6.45, 7) is 5.69. The number of unbranched alkanes of at least 4 members (excludes halogenated alkanes) is 1. The molecule has 2 aromatic rings. The number of aliphatic hydroxyl groups excluding tert-OH is 1. The highest BCUT2D eigenvalue weighted by molar-refractivity contribution is 5.20. The van der Waals surface area contributed by atoms with Gasteiger partial charge >= 0.3 is 0 Å². The number of benzene rings is 2. The smallest absolute Gasteiger partial charge is 0.0445 e. The Morgan fingerprint density at radius 2 is 1.54 bits per heavy atom. The highest BCUT2D eigenvalue weighted by Gasteiger charge is 2.24. The average Bonchev–Trinajstić information content (AvgIpc) is 2.64. The van der Waals surface area contributed by atoms with E-state index in [-0.39, 0.29) is 6.61 Å². The van der Waals surface area contributed by atoms with Gasteiger partial charge in [-0.2, -0.15) is 0 Å². The van der Waals surface area contributed by atoms with E-state index in [1.165, 1.54) is 24.0 Å². The van der Waals surface area contributed by atoms with Gasteiger partial charge in [0.15, 0.2) is 0 Å². The molecule has 130 valence electrons. The zero-order valence-corrected chi connectivity index (χ0v) is 15.1. The topological polar surface area (TPSA) is 23.5 Å².